The third-order valence-electron chi connectivity index (χ3n) is 3.63. The van der Waals surface area contributed by atoms with E-state index in [0.29, 0.717) is 24.4 Å². The van der Waals surface area contributed by atoms with E-state index in [2.05, 4.69) is 20.5 Å². The topological polar surface area (TPSA) is 86.9 Å². The molecule has 0 atom stereocenters. The van der Waals surface area contributed by atoms with E-state index in [1.165, 1.54) is 18.4 Å². The molecule has 0 spiro atoms. The molecular weight excluding hydrogens is 340 g/mol. The number of thiazole rings is 1. The molecule has 0 radical (unpaired) electrons. The number of ether oxygens (including phenoxy) is 1. The monoisotopic (exact) mass is 360 g/mol. The average molecular weight is 360 g/mol. The number of carbonyl (C=O) groups is 1. The van der Waals surface area contributed by atoms with Gasteiger partial charge in [0.1, 0.15) is 5.56 Å². The average Bonchev–Trinajstić information content (AvgIpc) is 3.26. The lowest BCUT2D eigenvalue weighted by atomic mass is 10.3. The van der Waals surface area contributed by atoms with Gasteiger partial charge >= 0.3 is 0 Å². The van der Waals surface area contributed by atoms with Crippen molar-refractivity contribution in [3.05, 3.63) is 40.3 Å². The van der Waals surface area contributed by atoms with Gasteiger partial charge in [0.2, 0.25) is 11.0 Å². The molecule has 3 rings (SSSR count). The Kier molecular flexibility index (Phi) is 4.84. The van der Waals surface area contributed by atoms with E-state index in [0.717, 1.165) is 22.2 Å². The number of nitrogens with one attached hydrogen (secondary N) is 1. The Labute approximate surface area is 149 Å². The van der Waals surface area contributed by atoms with Gasteiger partial charge in [0.25, 0.3) is 5.91 Å². The molecule has 25 heavy (non-hydrogen) atoms. The molecule has 0 saturated carbocycles. The fourth-order valence-electron chi connectivity index (χ4n) is 2.50. The molecule has 8 nitrogen and oxygen atoms in total. The Morgan fingerprint density at radius 2 is 2.16 bits per heavy atom. The Bertz CT molecular complexity index is 894. The zero-order chi connectivity index (χ0) is 18.0. The fourth-order valence-corrected chi connectivity index (χ4v) is 3.37. The largest absolute Gasteiger partial charge is 0.479 e. The maximum atomic E-state index is 12.2. The van der Waals surface area contributed by atoms with Crippen molar-refractivity contribution in [2.75, 3.05) is 13.7 Å². The number of amides is 1. The lowest BCUT2D eigenvalue weighted by Crippen LogP contribution is -2.25. The molecule has 1 amide bonds. The lowest BCUT2D eigenvalue weighted by Gasteiger charge is -2.03. The Balaban J connectivity index is 1.59. The normalized spacial score (nSPS) is 10.9. The molecule has 0 aliphatic rings. The second-order valence-corrected chi connectivity index (χ2v) is 6.53. The zero-order valence-corrected chi connectivity index (χ0v) is 15.4. The van der Waals surface area contributed by atoms with Crippen molar-refractivity contribution in [2.45, 2.75) is 20.3 Å². The van der Waals surface area contributed by atoms with Gasteiger partial charge in [-0.1, -0.05) is 0 Å². The van der Waals surface area contributed by atoms with E-state index >= 15 is 0 Å². The van der Waals surface area contributed by atoms with Crippen molar-refractivity contribution in [1.29, 1.82) is 0 Å². The van der Waals surface area contributed by atoms with Crippen LogP contribution < -0.4 is 10.1 Å². The maximum absolute atomic E-state index is 12.2. The third kappa shape index (κ3) is 3.71. The molecule has 3 aromatic rings. The van der Waals surface area contributed by atoms with Gasteiger partial charge in [-0.15, -0.1) is 16.4 Å². The highest BCUT2D eigenvalue weighted by molar-refractivity contribution is 7.12. The number of aryl methyl sites for hydroxylation is 3. The van der Waals surface area contributed by atoms with Crippen molar-refractivity contribution >= 4 is 17.2 Å². The molecule has 1 N–H and O–H groups in total. The summed E-state index contributed by atoms with van der Waals surface area (Å²) >= 11 is 1.54. The quantitative estimate of drug-likeness (QED) is 0.722. The van der Waals surface area contributed by atoms with Gasteiger partial charge in [-0.25, -0.2) is 9.67 Å². The van der Waals surface area contributed by atoms with E-state index in [1.807, 2.05) is 30.0 Å². The molecule has 3 aromatic heterocycles. The van der Waals surface area contributed by atoms with Gasteiger partial charge in [-0.3, -0.25) is 9.48 Å². The van der Waals surface area contributed by atoms with Gasteiger partial charge in [0.15, 0.2) is 0 Å². The number of aromatic nitrogens is 5. The molecule has 0 aliphatic carbocycles. The highest BCUT2D eigenvalue weighted by atomic mass is 32.1. The number of hydrogen-bond acceptors (Lipinski definition) is 6. The van der Waals surface area contributed by atoms with Crippen LogP contribution in [0.25, 0.3) is 5.13 Å². The molecule has 0 fully saturated rings. The molecule has 3 heterocycles. The Morgan fingerprint density at radius 3 is 2.84 bits per heavy atom. The van der Waals surface area contributed by atoms with E-state index in [4.69, 9.17) is 4.74 Å². The summed E-state index contributed by atoms with van der Waals surface area (Å²) in [5, 5.41) is 14.2. The molecule has 9 heteroatoms. The number of carbonyl (C=O) groups excluding carboxylic acids is 1. The van der Waals surface area contributed by atoms with Crippen LogP contribution in [0.2, 0.25) is 0 Å². The molecule has 0 unspecified atom stereocenters. The van der Waals surface area contributed by atoms with Gasteiger partial charge in [-0.05, 0) is 19.9 Å². The number of rotatable bonds is 6. The number of nitrogens with zero attached hydrogens (tertiary/aromatic N) is 5. The maximum Gasteiger partial charge on any atom is 0.258 e. The summed E-state index contributed by atoms with van der Waals surface area (Å²) in [6.07, 6.45) is 2.28. The van der Waals surface area contributed by atoms with E-state index < -0.39 is 0 Å². The summed E-state index contributed by atoms with van der Waals surface area (Å²) in [6.45, 7) is 4.44. The number of methoxy groups -OCH3 is 1. The summed E-state index contributed by atoms with van der Waals surface area (Å²) in [6, 6.07) is 2.02. The SMILES string of the molecule is COc1nn(C)cc1C(=O)NCCc1csc(-n2nc(C)cc2C)n1. The molecule has 0 saturated heterocycles. The van der Waals surface area contributed by atoms with Crippen LogP contribution in [0.3, 0.4) is 0 Å². The molecule has 0 bridgehead atoms. The summed E-state index contributed by atoms with van der Waals surface area (Å²) in [5.74, 6) is 0.111. The van der Waals surface area contributed by atoms with Crippen LogP contribution in [-0.4, -0.2) is 44.1 Å². The van der Waals surface area contributed by atoms with Crippen LogP contribution in [-0.2, 0) is 13.5 Å². The van der Waals surface area contributed by atoms with Gasteiger partial charge < -0.3 is 10.1 Å². The van der Waals surface area contributed by atoms with Crippen LogP contribution in [0.4, 0.5) is 0 Å². The van der Waals surface area contributed by atoms with Crippen LogP contribution in [0.1, 0.15) is 27.4 Å². The molecule has 0 aromatic carbocycles. The second-order valence-electron chi connectivity index (χ2n) is 5.69. The first-order valence-corrected chi connectivity index (χ1v) is 8.69. The minimum absolute atomic E-state index is 0.209. The second kappa shape index (κ2) is 7.06. The minimum Gasteiger partial charge on any atom is -0.479 e. The Hall–Kier alpha value is -2.68. The molecule has 132 valence electrons. The van der Waals surface area contributed by atoms with Crippen molar-refractivity contribution in [1.82, 2.24) is 29.9 Å². The third-order valence-corrected chi connectivity index (χ3v) is 4.49. The standard InChI is InChI=1S/C16H20N6O2S/c1-10-7-11(2)22(19-10)16-18-12(9-25-16)5-6-17-14(23)13-8-21(3)20-15(13)24-4/h7-9H,5-6H2,1-4H3,(H,17,23). The van der Waals surface area contributed by atoms with Crippen LogP contribution >= 0.6 is 11.3 Å². The van der Waals surface area contributed by atoms with Gasteiger partial charge in [0, 0.05) is 37.3 Å². The van der Waals surface area contributed by atoms with Crippen molar-refractivity contribution in [3.63, 3.8) is 0 Å². The van der Waals surface area contributed by atoms with Crippen molar-refractivity contribution in [2.24, 2.45) is 7.05 Å². The van der Waals surface area contributed by atoms with E-state index in [1.54, 1.807) is 17.9 Å². The minimum atomic E-state index is -0.209. The highest BCUT2D eigenvalue weighted by Gasteiger charge is 2.16. The van der Waals surface area contributed by atoms with Crippen molar-refractivity contribution in [3.8, 4) is 11.0 Å². The predicted octanol–water partition coefficient (Wildman–Crippen LogP) is 1.66. The van der Waals surface area contributed by atoms with E-state index in [-0.39, 0.29) is 5.91 Å². The van der Waals surface area contributed by atoms with Crippen LogP contribution in [0.15, 0.2) is 17.6 Å². The summed E-state index contributed by atoms with van der Waals surface area (Å²) < 4.78 is 8.49. The van der Waals surface area contributed by atoms with Crippen LogP contribution in [0.5, 0.6) is 5.88 Å². The first-order chi connectivity index (χ1) is 12.0. The summed E-state index contributed by atoms with van der Waals surface area (Å²) in [7, 11) is 3.24. The first kappa shape index (κ1) is 17.2. The highest BCUT2D eigenvalue weighted by Crippen LogP contribution is 2.18. The van der Waals surface area contributed by atoms with Gasteiger partial charge in [0.05, 0.1) is 18.5 Å². The van der Waals surface area contributed by atoms with E-state index in [9.17, 15) is 4.79 Å². The lowest BCUT2D eigenvalue weighted by molar-refractivity contribution is 0.0951. The van der Waals surface area contributed by atoms with Crippen LogP contribution in [0, 0.1) is 13.8 Å². The summed E-state index contributed by atoms with van der Waals surface area (Å²) in [4.78, 5) is 16.8. The Morgan fingerprint density at radius 1 is 1.36 bits per heavy atom. The number of hydrogen-bond donors (Lipinski definition) is 1. The summed E-state index contributed by atoms with van der Waals surface area (Å²) in [5.41, 5.74) is 3.36. The van der Waals surface area contributed by atoms with Crippen molar-refractivity contribution < 1.29 is 9.53 Å². The first-order valence-electron chi connectivity index (χ1n) is 7.82. The predicted molar refractivity (Wildman–Crippen MR) is 94.5 cm³/mol. The zero-order valence-electron chi connectivity index (χ0n) is 14.6. The fraction of sp³-hybridized carbons (Fsp3) is 0.375. The van der Waals surface area contributed by atoms with Gasteiger partial charge in [-0.2, -0.15) is 5.10 Å². The molecule has 0 aliphatic heterocycles. The smallest absolute Gasteiger partial charge is 0.258 e. The molecular formula is C16H20N6O2S.